The molecule has 0 fully saturated rings. The van der Waals surface area contributed by atoms with E-state index in [1.165, 1.54) is 43.4 Å². The van der Waals surface area contributed by atoms with Crippen LogP contribution in [0.2, 0.25) is 0 Å². The van der Waals surface area contributed by atoms with Gasteiger partial charge in [0.25, 0.3) is 0 Å². The van der Waals surface area contributed by atoms with Crippen LogP contribution in [0, 0.1) is 13.8 Å². The normalized spacial score (nSPS) is 11.6. The minimum Gasteiger partial charge on any atom is -0.0620 e. The van der Waals surface area contributed by atoms with Gasteiger partial charge in [-0.1, -0.05) is 84.9 Å². The molecule has 5 rings (SSSR count). The maximum absolute atomic E-state index is 2.43. The quantitative estimate of drug-likeness (QED) is 0.264. The smallest absolute Gasteiger partial charge is 0.0620 e. The van der Waals surface area contributed by atoms with Crippen LogP contribution >= 0.6 is 7.26 Å². The first-order valence-corrected chi connectivity index (χ1v) is 13.2. The van der Waals surface area contributed by atoms with Gasteiger partial charge in [0.15, 0.2) is 0 Å². The maximum Gasteiger partial charge on any atom is 0.116 e. The number of aryl methyl sites for hydroxylation is 2. The summed E-state index contributed by atoms with van der Waals surface area (Å²) < 4.78 is 0. The molecule has 32 heavy (non-hydrogen) atoms. The zero-order chi connectivity index (χ0) is 22.0. The Morgan fingerprint density at radius 3 is 1.38 bits per heavy atom. The summed E-state index contributed by atoms with van der Waals surface area (Å²) >= 11 is 0. The molecule has 0 saturated heterocycles. The zero-order valence-corrected chi connectivity index (χ0v) is 19.6. The van der Waals surface area contributed by atoms with E-state index >= 15 is 0 Å². The largest absolute Gasteiger partial charge is 0.116 e. The Morgan fingerprint density at radius 1 is 0.500 bits per heavy atom. The molecule has 0 aliphatic carbocycles. The number of fused-ring (bicyclic) bond motifs is 1. The van der Waals surface area contributed by atoms with Gasteiger partial charge in [-0.15, -0.1) is 0 Å². The van der Waals surface area contributed by atoms with Crippen LogP contribution in [0.3, 0.4) is 0 Å². The average Bonchev–Trinajstić information content (AvgIpc) is 2.87. The van der Waals surface area contributed by atoms with Crippen molar-refractivity contribution in [3.8, 4) is 0 Å². The first kappa shape index (κ1) is 20.7. The summed E-state index contributed by atoms with van der Waals surface area (Å²) in [4.78, 5) is 0. The van der Waals surface area contributed by atoms with E-state index in [1.54, 1.807) is 0 Å². The third kappa shape index (κ3) is 3.56. The fraction of sp³-hybridized carbons (Fsp3) is 0.0968. The van der Waals surface area contributed by atoms with Crippen molar-refractivity contribution in [1.82, 2.24) is 0 Å². The van der Waals surface area contributed by atoms with Crippen LogP contribution in [0.15, 0.2) is 121 Å². The summed E-state index contributed by atoms with van der Waals surface area (Å²) in [5.41, 5.74) is 4.21. The molecule has 0 nitrogen and oxygen atoms in total. The Bertz CT molecular complexity index is 1240. The first-order valence-electron chi connectivity index (χ1n) is 11.2. The minimum absolute atomic E-state index is 1.02. The van der Waals surface area contributed by atoms with Gasteiger partial charge in [0.05, 0.1) is 6.16 Å². The molecule has 0 aliphatic rings. The van der Waals surface area contributed by atoms with Gasteiger partial charge in [0.2, 0.25) is 0 Å². The van der Waals surface area contributed by atoms with Crippen LogP contribution in [0.25, 0.3) is 10.8 Å². The summed E-state index contributed by atoms with van der Waals surface area (Å²) in [6, 6.07) is 44.7. The predicted molar refractivity (Wildman–Crippen MR) is 142 cm³/mol. The predicted octanol–water partition coefficient (Wildman–Crippen LogP) is 6.95. The van der Waals surface area contributed by atoms with E-state index in [9.17, 15) is 0 Å². The van der Waals surface area contributed by atoms with Crippen LogP contribution in [0.5, 0.6) is 0 Å². The summed E-state index contributed by atoms with van der Waals surface area (Å²) in [5.74, 6) is 0. The lowest BCUT2D eigenvalue weighted by Gasteiger charge is -2.29. The van der Waals surface area contributed by atoms with Crippen molar-refractivity contribution >= 4 is 33.9 Å². The Hall–Kier alpha value is -3.21. The lowest BCUT2D eigenvalue weighted by Crippen LogP contribution is -2.32. The molecule has 0 atom stereocenters. The molecule has 0 bridgehead atoms. The molecule has 0 N–H and O–H groups in total. The second-order valence-corrected chi connectivity index (χ2v) is 12.0. The molecule has 0 saturated carbocycles. The Kier molecular flexibility index (Phi) is 5.64. The molecule has 156 valence electrons. The van der Waals surface area contributed by atoms with Gasteiger partial charge in [-0.3, -0.25) is 0 Å². The molecule has 0 aromatic heterocycles. The standard InChI is InChI=1S/C31H28P/c1-24-22-26(25(2)31-21-13-12-20-30(24)31)23-32(27-14-6-3-7-15-27,28-16-8-4-9-17-28)29-18-10-5-11-19-29/h3-22H,23H2,1-2H3/q+1. The van der Waals surface area contributed by atoms with E-state index < -0.39 is 7.26 Å². The molecule has 0 radical (unpaired) electrons. The van der Waals surface area contributed by atoms with Gasteiger partial charge in [0, 0.05) is 0 Å². The number of benzene rings is 5. The fourth-order valence-electron chi connectivity index (χ4n) is 4.96. The van der Waals surface area contributed by atoms with Crippen molar-refractivity contribution < 1.29 is 0 Å². The van der Waals surface area contributed by atoms with E-state index in [4.69, 9.17) is 0 Å². The molecule has 0 aliphatic heterocycles. The van der Waals surface area contributed by atoms with Crippen molar-refractivity contribution in [3.63, 3.8) is 0 Å². The van der Waals surface area contributed by atoms with Gasteiger partial charge in [-0.05, 0) is 77.7 Å². The Balaban J connectivity index is 1.82. The van der Waals surface area contributed by atoms with Crippen LogP contribution < -0.4 is 15.9 Å². The van der Waals surface area contributed by atoms with E-state index in [-0.39, 0.29) is 0 Å². The van der Waals surface area contributed by atoms with E-state index in [0.29, 0.717) is 0 Å². The molecule has 5 aromatic carbocycles. The van der Waals surface area contributed by atoms with Gasteiger partial charge in [-0.25, -0.2) is 0 Å². The van der Waals surface area contributed by atoms with E-state index in [2.05, 4.69) is 135 Å². The lowest BCUT2D eigenvalue weighted by molar-refractivity contribution is 1.30. The van der Waals surface area contributed by atoms with Crippen LogP contribution in [-0.4, -0.2) is 0 Å². The molecule has 5 aromatic rings. The highest BCUT2D eigenvalue weighted by atomic mass is 31.2. The first-order chi connectivity index (χ1) is 15.7. The summed E-state index contributed by atoms with van der Waals surface area (Å²) in [7, 11) is -1.90. The van der Waals surface area contributed by atoms with E-state index in [0.717, 1.165) is 6.16 Å². The highest BCUT2D eigenvalue weighted by molar-refractivity contribution is 7.95. The third-order valence-electron chi connectivity index (χ3n) is 6.63. The SMILES string of the molecule is Cc1cc(C[P+](c2ccccc2)(c2ccccc2)c2ccccc2)c(C)c2ccccc12. The molecular weight excluding hydrogens is 403 g/mol. The van der Waals surface area contributed by atoms with E-state index in [1.807, 2.05) is 0 Å². The van der Waals surface area contributed by atoms with Crippen LogP contribution in [0.4, 0.5) is 0 Å². The molecule has 1 heteroatoms. The monoisotopic (exact) mass is 431 g/mol. The Morgan fingerprint density at radius 2 is 0.906 bits per heavy atom. The second-order valence-electron chi connectivity index (χ2n) is 8.50. The van der Waals surface area contributed by atoms with Crippen molar-refractivity contribution in [2.45, 2.75) is 20.0 Å². The van der Waals surface area contributed by atoms with Gasteiger partial charge >= 0.3 is 0 Å². The lowest BCUT2D eigenvalue weighted by atomic mass is 9.97. The third-order valence-corrected chi connectivity index (χ3v) is 11.0. The Labute approximate surface area is 191 Å². The molecule has 0 amide bonds. The topological polar surface area (TPSA) is 0 Å². The number of hydrogen-bond acceptors (Lipinski definition) is 0. The van der Waals surface area contributed by atoms with Gasteiger partial charge in [0.1, 0.15) is 23.2 Å². The van der Waals surface area contributed by atoms with Crippen molar-refractivity contribution in [3.05, 3.63) is 138 Å². The van der Waals surface area contributed by atoms with Crippen molar-refractivity contribution in [2.24, 2.45) is 0 Å². The van der Waals surface area contributed by atoms with Crippen LogP contribution in [0.1, 0.15) is 16.7 Å². The molecule has 0 heterocycles. The molecular formula is C31H28P+. The zero-order valence-electron chi connectivity index (χ0n) is 18.7. The molecule has 0 spiro atoms. The van der Waals surface area contributed by atoms with Gasteiger partial charge < -0.3 is 0 Å². The summed E-state index contributed by atoms with van der Waals surface area (Å²) in [6.45, 7) is 4.55. The number of rotatable bonds is 5. The van der Waals surface area contributed by atoms with Gasteiger partial charge in [-0.2, -0.15) is 0 Å². The fourth-order valence-corrected chi connectivity index (χ4v) is 9.29. The van der Waals surface area contributed by atoms with Crippen LogP contribution in [-0.2, 0) is 6.16 Å². The summed E-state index contributed by atoms with van der Waals surface area (Å²) in [5, 5.41) is 7.03. The summed E-state index contributed by atoms with van der Waals surface area (Å²) in [6.07, 6.45) is 1.02. The number of hydrogen-bond donors (Lipinski definition) is 0. The maximum atomic E-state index is 2.43. The second kappa shape index (κ2) is 8.73. The highest BCUT2D eigenvalue weighted by Crippen LogP contribution is 2.58. The minimum atomic E-state index is -1.90. The molecule has 0 unspecified atom stereocenters. The highest BCUT2D eigenvalue weighted by Gasteiger charge is 2.45. The van der Waals surface area contributed by atoms with Crippen molar-refractivity contribution in [1.29, 1.82) is 0 Å². The average molecular weight is 432 g/mol. The van der Waals surface area contributed by atoms with Crippen molar-refractivity contribution in [2.75, 3.05) is 0 Å².